The van der Waals surface area contributed by atoms with Crippen LogP contribution in [0.15, 0.2) is 71.9 Å². The number of piperidine rings is 2. The Bertz CT molecular complexity index is 3130. The molecule has 3 fully saturated rings. The van der Waals surface area contributed by atoms with Crippen LogP contribution >= 0.6 is 0 Å². The van der Waals surface area contributed by atoms with Gasteiger partial charge in [0.25, 0.3) is 17.4 Å². The van der Waals surface area contributed by atoms with E-state index in [2.05, 4.69) is 73.6 Å². The van der Waals surface area contributed by atoms with Crippen molar-refractivity contribution in [2.45, 2.75) is 110 Å². The van der Waals surface area contributed by atoms with Crippen molar-refractivity contribution < 1.29 is 28.4 Å². The van der Waals surface area contributed by atoms with E-state index in [0.717, 1.165) is 68.8 Å². The minimum atomic E-state index is -2.83. The summed E-state index contributed by atoms with van der Waals surface area (Å²) < 4.78 is 27.6. The molecule has 6 aliphatic rings. The third-order valence-electron chi connectivity index (χ3n) is 15.6. The monoisotopic (exact) mass is 950 g/mol. The molecule has 0 spiro atoms. The Morgan fingerprint density at radius 2 is 1.67 bits per heavy atom. The molecule has 17 heteroatoms. The summed E-state index contributed by atoms with van der Waals surface area (Å²) in [6, 6.07) is 15.1. The summed E-state index contributed by atoms with van der Waals surface area (Å²) in [5.41, 5.74) is 6.91. The smallest absolute Gasteiger partial charge is 0.276 e. The van der Waals surface area contributed by atoms with E-state index in [9.17, 15) is 29.1 Å². The van der Waals surface area contributed by atoms with Crippen molar-refractivity contribution in [3.8, 4) is 11.1 Å². The molecule has 70 heavy (non-hydrogen) atoms. The Hall–Kier alpha value is -6.85. The topological polar surface area (TPSA) is 181 Å². The molecule has 364 valence electrons. The second-order valence-corrected chi connectivity index (χ2v) is 20.8. The molecule has 4 aromatic heterocycles. The second-order valence-electron chi connectivity index (χ2n) is 20.8. The number of aliphatic hydroxyl groups is 1. The number of carbonyl (C=O) groups excluding carboxylic acids is 4. The van der Waals surface area contributed by atoms with Crippen molar-refractivity contribution in [3.63, 3.8) is 0 Å². The Morgan fingerprint density at radius 3 is 2.43 bits per heavy atom. The fourth-order valence-electron chi connectivity index (χ4n) is 12.1. The maximum Gasteiger partial charge on any atom is 0.276 e. The van der Waals surface area contributed by atoms with Crippen molar-refractivity contribution in [2.75, 3.05) is 52.7 Å². The number of hydrogen-bond donors (Lipinski definition) is 3. The quantitative estimate of drug-likeness (QED) is 0.169. The summed E-state index contributed by atoms with van der Waals surface area (Å²) in [6.45, 7) is 10.2. The zero-order valence-corrected chi connectivity index (χ0v) is 40.1. The van der Waals surface area contributed by atoms with Crippen LogP contribution < -0.4 is 30.9 Å². The van der Waals surface area contributed by atoms with E-state index in [4.69, 9.17) is 4.11 Å². The average molecular weight is 951 g/mol. The van der Waals surface area contributed by atoms with Crippen LogP contribution in [0.5, 0.6) is 0 Å². The number of benzene rings is 1. The van der Waals surface area contributed by atoms with E-state index in [1.807, 2.05) is 24.3 Å². The number of aliphatic hydroxyl groups excluding tert-OH is 1. The van der Waals surface area contributed by atoms with Crippen LogP contribution in [0.25, 0.3) is 11.1 Å². The van der Waals surface area contributed by atoms with Crippen LogP contribution in [-0.2, 0) is 49.1 Å². The van der Waals surface area contributed by atoms with Gasteiger partial charge in [-0.05, 0) is 117 Å². The molecule has 11 rings (SSSR count). The van der Waals surface area contributed by atoms with Crippen molar-refractivity contribution in [1.29, 1.82) is 0 Å². The van der Waals surface area contributed by atoms with Crippen LogP contribution in [0.2, 0.25) is 0 Å². The largest absolute Gasteiger partial charge is 0.392 e. The summed E-state index contributed by atoms with van der Waals surface area (Å²) in [5.74, 6) is -0.477. The van der Waals surface area contributed by atoms with Crippen molar-refractivity contribution >= 4 is 52.3 Å². The Morgan fingerprint density at radius 1 is 0.843 bits per heavy atom. The van der Waals surface area contributed by atoms with Crippen molar-refractivity contribution in [2.24, 2.45) is 12.4 Å². The van der Waals surface area contributed by atoms with Gasteiger partial charge in [0.1, 0.15) is 29.1 Å². The SMILES string of the molecule is [2H]C([2H])([2H])n1cc(-c2ccnc(N3CCn4c(cc5c4CC(C)(C)C5)C3=O)c2CO)cc(Nc2ccc(N3CCN([C@H]4CCN(c5ccc6c(c5)CN([C@H]5CCC(=O)NC5=O)C6=O)[C@H](C)C4)C[C@@H]3C)cn2)c1=O. The molecule has 4 atom stereocenters. The fraction of sp³-hybridized carbons (Fsp3) is 0.453. The highest BCUT2D eigenvalue weighted by Crippen LogP contribution is 2.41. The Balaban J connectivity index is 0.748. The summed E-state index contributed by atoms with van der Waals surface area (Å²) in [5, 5.41) is 16.3. The maximum absolute atomic E-state index is 14.1. The van der Waals surface area contributed by atoms with Gasteiger partial charge < -0.3 is 34.3 Å². The van der Waals surface area contributed by atoms with E-state index in [0.29, 0.717) is 70.4 Å². The first-order valence-electron chi connectivity index (χ1n) is 26.0. The lowest BCUT2D eigenvalue weighted by molar-refractivity contribution is -0.136. The van der Waals surface area contributed by atoms with Crippen molar-refractivity contribution in [1.82, 2.24) is 34.2 Å². The number of rotatable bonds is 9. The first-order valence-corrected chi connectivity index (χ1v) is 24.5. The predicted molar refractivity (Wildman–Crippen MR) is 266 cm³/mol. The number of fused-ring (bicyclic) bond motifs is 4. The van der Waals surface area contributed by atoms with Gasteiger partial charge in [-0.3, -0.25) is 39.1 Å². The number of anilines is 5. The molecule has 0 bridgehead atoms. The standard InChI is InChI=1S/C53H61N11O6/c1-31-20-36(13-15-60(31)37-6-8-40-34(21-37)29-64(50(40)68)43-9-11-47(66)57-49(43)67)59-16-17-61(32(2)27-59)38-7-10-46(55-26-38)56-42-22-35(28-58(5)51(42)69)39-12-14-54-48(41(39)30-65)63-19-18-62-44(52(63)70)23-33-24-53(3,4)25-45(33)62/h6-8,10,12,14,21-23,26,28,31-32,36,43,65H,9,11,13,15-20,24-25,27,29-30H2,1-5H3,(H,55,56)(H,57,66,67)/t31-,32+,36+,43+/m1/s1/i5D3. The molecular formula is C53H61N11O6. The number of aryl methyl sites for hydroxylation is 1. The number of hydrogen-bond acceptors (Lipinski definition) is 12. The van der Waals surface area contributed by atoms with Gasteiger partial charge in [-0.1, -0.05) is 13.8 Å². The second kappa shape index (κ2) is 17.5. The van der Waals surface area contributed by atoms with Gasteiger partial charge in [0.15, 0.2) is 0 Å². The van der Waals surface area contributed by atoms with Crippen LogP contribution in [0.1, 0.15) is 101 Å². The third-order valence-corrected chi connectivity index (χ3v) is 15.6. The molecule has 0 unspecified atom stereocenters. The first-order chi connectivity index (χ1) is 34.8. The summed E-state index contributed by atoms with van der Waals surface area (Å²) in [6.07, 6.45) is 8.85. The number of amides is 4. The number of nitrogens with one attached hydrogen (secondary N) is 2. The molecule has 0 radical (unpaired) electrons. The molecule has 17 nitrogen and oxygen atoms in total. The predicted octanol–water partition coefficient (Wildman–Crippen LogP) is 4.99. The molecule has 5 aliphatic heterocycles. The van der Waals surface area contributed by atoms with Crippen molar-refractivity contribution in [3.05, 3.63) is 111 Å². The molecule has 5 aromatic rings. The van der Waals surface area contributed by atoms with E-state index in [1.165, 1.54) is 23.7 Å². The Labute approximate surface area is 411 Å². The van der Waals surface area contributed by atoms with Gasteiger partial charge in [0.05, 0.1) is 18.5 Å². The minimum Gasteiger partial charge on any atom is -0.392 e. The van der Waals surface area contributed by atoms with E-state index in [1.54, 1.807) is 34.2 Å². The van der Waals surface area contributed by atoms with Gasteiger partial charge in [0, 0.05) is 122 Å². The minimum absolute atomic E-state index is 0.0228. The third kappa shape index (κ3) is 8.01. The maximum atomic E-state index is 14.1. The highest BCUT2D eigenvalue weighted by atomic mass is 16.3. The molecule has 1 aliphatic carbocycles. The van der Waals surface area contributed by atoms with E-state index in [-0.39, 0.29) is 53.1 Å². The van der Waals surface area contributed by atoms with Crippen LogP contribution in [0, 0.1) is 5.41 Å². The molecule has 1 aromatic carbocycles. The number of nitrogens with zero attached hydrogens (tertiary/aromatic N) is 9. The highest BCUT2D eigenvalue weighted by Gasteiger charge is 2.41. The lowest BCUT2D eigenvalue weighted by atomic mass is 9.90. The van der Waals surface area contributed by atoms with E-state index < -0.39 is 31.1 Å². The normalized spacial score (nSPS) is 24.2. The number of pyridine rings is 3. The Kier molecular flexibility index (Phi) is 10.5. The van der Waals surface area contributed by atoms with Gasteiger partial charge in [0.2, 0.25) is 11.8 Å². The first kappa shape index (κ1) is 42.1. The number of piperazine rings is 1. The zero-order valence-electron chi connectivity index (χ0n) is 43.1. The molecule has 3 saturated heterocycles. The van der Waals surface area contributed by atoms with Gasteiger partial charge in [-0.25, -0.2) is 9.97 Å². The van der Waals surface area contributed by atoms with Crippen LogP contribution in [0.3, 0.4) is 0 Å². The molecular weight excluding hydrogens is 887 g/mol. The summed E-state index contributed by atoms with van der Waals surface area (Å²) >= 11 is 0. The number of carbonyl (C=O) groups is 4. The number of aromatic nitrogens is 4. The molecule has 9 heterocycles. The van der Waals surface area contributed by atoms with Crippen LogP contribution in [-0.4, -0.2) is 115 Å². The number of imide groups is 1. The van der Waals surface area contributed by atoms with Gasteiger partial charge in [-0.15, -0.1) is 0 Å². The summed E-state index contributed by atoms with van der Waals surface area (Å²) in [4.78, 5) is 85.3. The van der Waals surface area contributed by atoms with Gasteiger partial charge >= 0.3 is 0 Å². The molecule has 0 saturated carbocycles. The molecule has 4 amide bonds. The van der Waals surface area contributed by atoms with Gasteiger partial charge in [-0.2, -0.15) is 0 Å². The lowest BCUT2D eigenvalue weighted by Gasteiger charge is -2.48. The van der Waals surface area contributed by atoms with E-state index >= 15 is 0 Å². The van der Waals surface area contributed by atoms with Crippen LogP contribution in [0.4, 0.5) is 28.7 Å². The average Bonchev–Trinajstić information content (AvgIpc) is 3.98. The fourth-order valence-corrected chi connectivity index (χ4v) is 12.1. The highest BCUT2D eigenvalue weighted by molar-refractivity contribution is 6.07. The molecule has 3 N–H and O–H groups in total. The summed E-state index contributed by atoms with van der Waals surface area (Å²) in [7, 11) is 0. The lowest BCUT2D eigenvalue weighted by Crippen LogP contribution is -2.58. The zero-order chi connectivity index (χ0) is 51.2.